The minimum absolute atomic E-state index is 0.211. The standard InChI is InChI=1S/C16H23N3O/c1-13(2)20-16-6-4-5-14(11-16)12-17-9-7-15-8-10-18-19(15)3/h4-6,8,10-11,13,17H,7,9,12H2,1-3H3. The van der Waals surface area contributed by atoms with Crippen LogP contribution in [-0.2, 0) is 20.0 Å². The largest absolute Gasteiger partial charge is 0.491 e. The van der Waals surface area contributed by atoms with Crippen molar-refractivity contribution < 1.29 is 4.74 Å². The molecule has 4 heteroatoms. The number of nitrogens with zero attached hydrogens (tertiary/aromatic N) is 2. The van der Waals surface area contributed by atoms with Crippen molar-refractivity contribution in [2.45, 2.75) is 32.9 Å². The molecule has 0 radical (unpaired) electrons. The topological polar surface area (TPSA) is 39.1 Å². The first kappa shape index (κ1) is 14.6. The molecule has 0 spiro atoms. The summed E-state index contributed by atoms with van der Waals surface area (Å²) in [5, 5.41) is 7.62. The molecule has 0 bridgehead atoms. The minimum atomic E-state index is 0.211. The molecule has 0 aliphatic rings. The third kappa shape index (κ3) is 4.38. The van der Waals surface area contributed by atoms with Crippen LogP contribution >= 0.6 is 0 Å². The molecule has 0 amide bonds. The van der Waals surface area contributed by atoms with Crippen LogP contribution in [-0.4, -0.2) is 22.4 Å². The molecule has 4 nitrogen and oxygen atoms in total. The molecule has 0 aliphatic heterocycles. The van der Waals surface area contributed by atoms with Crippen LogP contribution in [0, 0.1) is 0 Å². The zero-order valence-electron chi connectivity index (χ0n) is 12.5. The van der Waals surface area contributed by atoms with Crippen LogP contribution in [0.25, 0.3) is 0 Å². The summed E-state index contributed by atoms with van der Waals surface area (Å²) in [6.45, 7) is 5.87. The van der Waals surface area contributed by atoms with Gasteiger partial charge in [-0.3, -0.25) is 4.68 Å². The highest BCUT2D eigenvalue weighted by atomic mass is 16.5. The number of benzene rings is 1. The Morgan fingerprint density at radius 3 is 2.85 bits per heavy atom. The number of hydrogen-bond donors (Lipinski definition) is 1. The van der Waals surface area contributed by atoms with E-state index in [1.807, 2.05) is 43.9 Å². The Hall–Kier alpha value is -1.81. The zero-order valence-corrected chi connectivity index (χ0v) is 12.5. The third-order valence-corrected chi connectivity index (χ3v) is 3.08. The van der Waals surface area contributed by atoms with Crippen molar-refractivity contribution >= 4 is 0 Å². The molecule has 0 aliphatic carbocycles. The third-order valence-electron chi connectivity index (χ3n) is 3.08. The monoisotopic (exact) mass is 273 g/mol. The maximum atomic E-state index is 5.70. The average Bonchev–Trinajstić information content (AvgIpc) is 2.80. The van der Waals surface area contributed by atoms with E-state index in [4.69, 9.17) is 4.74 Å². The summed E-state index contributed by atoms with van der Waals surface area (Å²) in [6, 6.07) is 10.3. The van der Waals surface area contributed by atoms with Crippen molar-refractivity contribution in [2.24, 2.45) is 7.05 Å². The second-order valence-electron chi connectivity index (χ2n) is 5.19. The van der Waals surface area contributed by atoms with E-state index in [2.05, 4.69) is 28.6 Å². The SMILES string of the molecule is CC(C)Oc1cccc(CNCCc2ccnn2C)c1. The number of ether oxygens (including phenoxy) is 1. The van der Waals surface area contributed by atoms with Gasteiger partial charge < -0.3 is 10.1 Å². The lowest BCUT2D eigenvalue weighted by atomic mass is 10.2. The molecular formula is C16H23N3O. The minimum Gasteiger partial charge on any atom is -0.491 e. The lowest BCUT2D eigenvalue weighted by Crippen LogP contribution is -2.18. The molecule has 1 heterocycles. The molecule has 2 rings (SSSR count). The van der Waals surface area contributed by atoms with Crippen molar-refractivity contribution in [3.8, 4) is 5.75 Å². The van der Waals surface area contributed by atoms with Gasteiger partial charge in [0.1, 0.15) is 5.75 Å². The normalized spacial score (nSPS) is 11.0. The molecule has 20 heavy (non-hydrogen) atoms. The molecule has 0 fully saturated rings. The summed E-state index contributed by atoms with van der Waals surface area (Å²) in [7, 11) is 1.97. The zero-order chi connectivity index (χ0) is 14.4. The van der Waals surface area contributed by atoms with Crippen molar-refractivity contribution in [2.75, 3.05) is 6.54 Å². The highest BCUT2D eigenvalue weighted by Crippen LogP contribution is 2.14. The van der Waals surface area contributed by atoms with Gasteiger partial charge in [-0.2, -0.15) is 5.10 Å². The summed E-state index contributed by atoms with van der Waals surface area (Å²) >= 11 is 0. The molecule has 1 aromatic carbocycles. The first-order valence-electron chi connectivity index (χ1n) is 7.08. The van der Waals surface area contributed by atoms with Crippen LogP contribution in [0.2, 0.25) is 0 Å². The van der Waals surface area contributed by atoms with E-state index in [1.165, 1.54) is 11.3 Å². The molecule has 108 valence electrons. The number of nitrogens with one attached hydrogen (secondary N) is 1. The predicted molar refractivity (Wildman–Crippen MR) is 80.8 cm³/mol. The second kappa shape index (κ2) is 7.10. The first-order chi connectivity index (χ1) is 9.65. The summed E-state index contributed by atoms with van der Waals surface area (Å²) in [4.78, 5) is 0. The lowest BCUT2D eigenvalue weighted by Gasteiger charge is -2.11. The fourth-order valence-corrected chi connectivity index (χ4v) is 2.10. The fourth-order valence-electron chi connectivity index (χ4n) is 2.10. The Morgan fingerprint density at radius 2 is 2.15 bits per heavy atom. The van der Waals surface area contributed by atoms with Crippen molar-refractivity contribution in [3.63, 3.8) is 0 Å². The Morgan fingerprint density at radius 1 is 1.30 bits per heavy atom. The van der Waals surface area contributed by atoms with Crippen LogP contribution < -0.4 is 10.1 Å². The quantitative estimate of drug-likeness (QED) is 0.788. The Balaban J connectivity index is 1.78. The molecular weight excluding hydrogens is 250 g/mol. The predicted octanol–water partition coefficient (Wildman–Crippen LogP) is 2.54. The second-order valence-corrected chi connectivity index (χ2v) is 5.19. The van der Waals surface area contributed by atoms with Gasteiger partial charge in [-0.25, -0.2) is 0 Å². The number of rotatable bonds is 7. The van der Waals surface area contributed by atoms with Gasteiger partial charge in [0.25, 0.3) is 0 Å². The Kier molecular flexibility index (Phi) is 5.18. The van der Waals surface area contributed by atoms with Gasteiger partial charge in [0, 0.05) is 38.4 Å². The van der Waals surface area contributed by atoms with E-state index in [0.717, 1.165) is 25.3 Å². The van der Waals surface area contributed by atoms with Crippen LogP contribution in [0.4, 0.5) is 0 Å². The summed E-state index contributed by atoms with van der Waals surface area (Å²) in [6.07, 6.45) is 3.03. The van der Waals surface area contributed by atoms with Crippen molar-refractivity contribution in [3.05, 3.63) is 47.8 Å². The van der Waals surface area contributed by atoms with Crippen molar-refractivity contribution in [1.82, 2.24) is 15.1 Å². The Bertz CT molecular complexity index is 534. The van der Waals surface area contributed by atoms with Gasteiger partial charge >= 0.3 is 0 Å². The van der Waals surface area contributed by atoms with Crippen LogP contribution in [0.3, 0.4) is 0 Å². The van der Waals surface area contributed by atoms with Gasteiger partial charge in [-0.05, 0) is 37.6 Å². The average molecular weight is 273 g/mol. The Labute approximate surface area is 120 Å². The van der Waals surface area contributed by atoms with Gasteiger partial charge in [-0.15, -0.1) is 0 Å². The number of aromatic nitrogens is 2. The van der Waals surface area contributed by atoms with Gasteiger partial charge in [0.15, 0.2) is 0 Å². The molecule has 0 atom stereocenters. The smallest absolute Gasteiger partial charge is 0.120 e. The highest BCUT2D eigenvalue weighted by molar-refractivity contribution is 5.28. The van der Waals surface area contributed by atoms with Crippen LogP contribution in [0.5, 0.6) is 5.75 Å². The molecule has 2 aromatic rings. The van der Waals surface area contributed by atoms with Crippen molar-refractivity contribution in [1.29, 1.82) is 0 Å². The molecule has 0 saturated carbocycles. The summed E-state index contributed by atoms with van der Waals surface area (Å²) < 4.78 is 7.61. The maximum absolute atomic E-state index is 5.70. The molecule has 1 N–H and O–H groups in total. The van der Waals surface area contributed by atoms with Gasteiger partial charge in [0.2, 0.25) is 0 Å². The van der Waals surface area contributed by atoms with Crippen LogP contribution in [0.1, 0.15) is 25.1 Å². The summed E-state index contributed by atoms with van der Waals surface area (Å²) in [5.41, 5.74) is 2.49. The van der Waals surface area contributed by atoms with Gasteiger partial charge in [-0.1, -0.05) is 12.1 Å². The number of hydrogen-bond acceptors (Lipinski definition) is 3. The van der Waals surface area contributed by atoms with E-state index >= 15 is 0 Å². The molecule has 0 saturated heterocycles. The fraction of sp³-hybridized carbons (Fsp3) is 0.438. The number of aryl methyl sites for hydroxylation is 1. The van der Waals surface area contributed by atoms with Gasteiger partial charge in [0.05, 0.1) is 6.10 Å². The van der Waals surface area contributed by atoms with E-state index in [1.54, 1.807) is 0 Å². The van der Waals surface area contributed by atoms with E-state index in [0.29, 0.717) is 0 Å². The maximum Gasteiger partial charge on any atom is 0.120 e. The first-order valence-corrected chi connectivity index (χ1v) is 7.08. The lowest BCUT2D eigenvalue weighted by molar-refractivity contribution is 0.242. The van der Waals surface area contributed by atoms with E-state index < -0.39 is 0 Å². The summed E-state index contributed by atoms with van der Waals surface area (Å²) in [5.74, 6) is 0.936. The van der Waals surface area contributed by atoms with Crippen LogP contribution in [0.15, 0.2) is 36.5 Å². The molecule has 1 aromatic heterocycles. The van der Waals surface area contributed by atoms with E-state index in [9.17, 15) is 0 Å². The highest BCUT2D eigenvalue weighted by Gasteiger charge is 2.01. The van der Waals surface area contributed by atoms with E-state index in [-0.39, 0.29) is 6.10 Å². The molecule has 0 unspecified atom stereocenters.